The van der Waals surface area contributed by atoms with Crippen molar-refractivity contribution in [3.63, 3.8) is 0 Å². The molecule has 165 valence electrons. The summed E-state index contributed by atoms with van der Waals surface area (Å²) in [5, 5.41) is 0. The van der Waals surface area contributed by atoms with Gasteiger partial charge in [-0.15, -0.1) is 0 Å². The molecule has 2 heterocycles. The van der Waals surface area contributed by atoms with Crippen molar-refractivity contribution in [3.05, 3.63) is 58.4 Å². The van der Waals surface area contributed by atoms with Gasteiger partial charge in [0.25, 0.3) is 0 Å². The normalized spacial score (nSPS) is 16.6. The second kappa shape index (κ2) is 11.0. The molecule has 1 aliphatic rings. The molecular weight excluding hydrogens is 553 g/mol. The number of hydrogen-bond acceptors (Lipinski definition) is 4. The zero-order chi connectivity index (χ0) is 22.5. The van der Waals surface area contributed by atoms with Gasteiger partial charge >= 0.3 is 39.5 Å². The fourth-order valence-corrected chi connectivity index (χ4v) is 3.29. The van der Waals surface area contributed by atoms with E-state index in [1.807, 2.05) is 25.1 Å². The van der Waals surface area contributed by atoms with Crippen molar-refractivity contribution in [3.8, 4) is 0 Å². The standard InChI is InChI=1S/C23H29N3O.2BrH.Co/c1-14-11-15(2)21(16(3)12-14)24-17(4)18-9-8-10-19(25-18)22-26-20(13-27-22)23(5,6)7;;;/h8-12,20H,13H2,1-7H3;2*1H;/q;;;+2/p-2/t20-;;;/m1.../s1. The molecule has 1 aliphatic heterocycles. The summed E-state index contributed by atoms with van der Waals surface area (Å²) in [7, 11) is 0. The van der Waals surface area contributed by atoms with Gasteiger partial charge in [0.2, 0.25) is 5.90 Å². The van der Waals surface area contributed by atoms with Gasteiger partial charge in [-0.3, -0.25) is 4.99 Å². The number of pyridine rings is 1. The molecule has 30 heavy (non-hydrogen) atoms. The molecular formula is C23H29Br2CoN3O. The first-order valence-electron chi connectivity index (χ1n) is 9.72. The number of aromatic nitrogens is 1. The average Bonchev–Trinajstić information content (AvgIpc) is 3.16. The quantitative estimate of drug-likeness (QED) is 0.365. The van der Waals surface area contributed by atoms with Crippen LogP contribution in [-0.2, 0) is 15.9 Å². The maximum atomic E-state index is 5.83. The molecule has 1 aromatic heterocycles. The Balaban J connectivity index is 0.00000101. The van der Waals surface area contributed by atoms with Crippen LogP contribution in [0.2, 0.25) is 0 Å². The van der Waals surface area contributed by atoms with Crippen molar-refractivity contribution in [2.24, 2.45) is 15.4 Å². The van der Waals surface area contributed by atoms with Crippen molar-refractivity contribution in [1.29, 1.82) is 0 Å². The molecule has 2 aromatic rings. The molecule has 0 unspecified atom stereocenters. The summed E-state index contributed by atoms with van der Waals surface area (Å²) >= 11 is 7.12. The first-order valence-corrected chi connectivity index (χ1v) is 14.9. The van der Waals surface area contributed by atoms with Crippen molar-refractivity contribution in [1.82, 2.24) is 4.98 Å². The Kier molecular flexibility index (Phi) is 9.27. The third-order valence-electron chi connectivity index (χ3n) is 4.90. The third-order valence-corrected chi connectivity index (χ3v) is 4.90. The van der Waals surface area contributed by atoms with E-state index in [1.54, 1.807) is 0 Å². The topological polar surface area (TPSA) is 46.8 Å². The number of ether oxygens (including phenoxy) is 1. The Morgan fingerprint density at radius 2 is 1.73 bits per heavy atom. The molecule has 0 aliphatic carbocycles. The van der Waals surface area contributed by atoms with Gasteiger partial charge in [-0.1, -0.05) is 44.5 Å². The summed E-state index contributed by atoms with van der Waals surface area (Å²) in [5.74, 6) is 0.632. The Morgan fingerprint density at radius 1 is 1.13 bits per heavy atom. The van der Waals surface area contributed by atoms with E-state index in [4.69, 9.17) is 19.7 Å². The zero-order valence-electron chi connectivity index (χ0n) is 18.5. The summed E-state index contributed by atoms with van der Waals surface area (Å²) < 4.78 is 5.83. The molecule has 0 bridgehead atoms. The molecule has 0 saturated heterocycles. The second-order valence-corrected chi connectivity index (χ2v) is 13.8. The fraction of sp³-hybridized carbons (Fsp3) is 0.435. The van der Waals surface area contributed by atoms with Gasteiger partial charge in [0.15, 0.2) is 0 Å². The molecule has 0 spiro atoms. The average molecular weight is 582 g/mol. The van der Waals surface area contributed by atoms with Crippen LogP contribution in [0.5, 0.6) is 0 Å². The molecule has 0 saturated carbocycles. The number of rotatable bonds is 3. The van der Waals surface area contributed by atoms with E-state index in [1.165, 1.54) is 16.7 Å². The van der Waals surface area contributed by atoms with Crippen molar-refractivity contribution >= 4 is 45.6 Å². The van der Waals surface area contributed by atoms with E-state index in [2.05, 4.69) is 82.0 Å². The first kappa shape index (κ1) is 25.2. The Bertz CT molecular complexity index is 929. The predicted octanol–water partition coefficient (Wildman–Crippen LogP) is 7.03. The van der Waals surface area contributed by atoms with E-state index in [-0.39, 0.29) is 11.5 Å². The SMILES string of the molecule is CC(=Nc1c(C)cc(C)cc1C)c1cccc(C2=N[C@@H](C(C)(C)C)CO2)n1.[Br][Co][Br]. The predicted molar refractivity (Wildman–Crippen MR) is 130 cm³/mol. The zero-order valence-corrected chi connectivity index (χ0v) is 22.7. The Labute approximate surface area is 200 Å². The molecule has 3 rings (SSSR count). The molecule has 0 radical (unpaired) electrons. The van der Waals surface area contributed by atoms with Crippen LogP contribution in [0.15, 0.2) is 40.3 Å². The molecule has 1 atom stereocenters. The molecule has 0 fully saturated rings. The third kappa shape index (κ3) is 6.74. The first-order chi connectivity index (χ1) is 14.1. The summed E-state index contributed by atoms with van der Waals surface area (Å²) in [6.45, 7) is 15.5. The fourth-order valence-electron chi connectivity index (χ4n) is 3.29. The molecule has 4 nitrogen and oxygen atoms in total. The minimum absolute atomic E-state index is 0.0806. The molecule has 1 aromatic carbocycles. The van der Waals surface area contributed by atoms with Crippen LogP contribution in [0.3, 0.4) is 0 Å². The number of halogens is 2. The molecule has 0 N–H and O–H groups in total. The van der Waals surface area contributed by atoms with Crippen LogP contribution in [0.1, 0.15) is 55.8 Å². The van der Waals surface area contributed by atoms with Gasteiger partial charge in [0.1, 0.15) is 12.3 Å². The maximum absolute atomic E-state index is 5.83. The summed E-state index contributed by atoms with van der Waals surface area (Å²) in [6, 6.07) is 10.4. The molecule has 7 heteroatoms. The number of nitrogens with zero attached hydrogens (tertiary/aromatic N) is 3. The van der Waals surface area contributed by atoms with Crippen molar-refractivity contribution in [2.75, 3.05) is 6.61 Å². The number of hydrogen-bond donors (Lipinski definition) is 0. The summed E-state index contributed by atoms with van der Waals surface area (Å²) in [5.41, 5.74) is 7.22. The van der Waals surface area contributed by atoms with Crippen molar-refractivity contribution < 1.29 is 15.9 Å². The van der Waals surface area contributed by atoms with Gasteiger partial charge in [0, 0.05) is 0 Å². The minimum atomic E-state index is 0.0806. The van der Waals surface area contributed by atoms with Crippen LogP contribution in [0.4, 0.5) is 5.69 Å². The van der Waals surface area contributed by atoms with E-state index in [0.717, 1.165) is 33.9 Å². The van der Waals surface area contributed by atoms with Crippen LogP contribution in [0.25, 0.3) is 0 Å². The van der Waals surface area contributed by atoms with E-state index in [0.29, 0.717) is 12.5 Å². The van der Waals surface area contributed by atoms with Crippen LogP contribution in [0, 0.1) is 26.2 Å². The van der Waals surface area contributed by atoms with Gasteiger partial charge in [0.05, 0.1) is 23.1 Å². The molecule has 0 amide bonds. The van der Waals surface area contributed by atoms with E-state index in [9.17, 15) is 0 Å². The van der Waals surface area contributed by atoms with Crippen LogP contribution in [-0.4, -0.2) is 29.2 Å². The monoisotopic (exact) mass is 580 g/mol. The van der Waals surface area contributed by atoms with Crippen molar-refractivity contribution in [2.45, 2.75) is 54.5 Å². The van der Waals surface area contributed by atoms with Gasteiger partial charge in [-0.25, -0.2) is 9.98 Å². The van der Waals surface area contributed by atoms with Gasteiger partial charge in [-0.2, -0.15) is 0 Å². The van der Waals surface area contributed by atoms with E-state index < -0.39 is 0 Å². The number of aryl methyl sites for hydroxylation is 3. The van der Waals surface area contributed by atoms with Gasteiger partial charge in [-0.05, 0) is 56.4 Å². The van der Waals surface area contributed by atoms with E-state index >= 15 is 0 Å². The number of benzene rings is 1. The van der Waals surface area contributed by atoms with Crippen LogP contribution < -0.4 is 0 Å². The van der Waals surface area contributed by atoms with Gasteiger partial charge < -0.3 is 4.74 Å². The number of aliphatic imine (C=N–C) groups is 2. The van der Waals surface area contributed by atoms with Crippen LogP contribution >= 0.6 is 28.3 Å². The Hall–Kier alpha value is -1.02. The summed E-state index contributed by atoms with van der Waals surface area (Å²) in [6.07, 6.45) is 0. The Morgan fingerprint density at radius 3 is 2.27 bits per heavy atom. The second-order valence-electron chi connectivity index (χ2n) is 8.53. The summed E-state index contributed by atoms with van der Waals surface area (Å²) in [4.78, 5) is 14.4.